The van der Waals surface area contributed by atoms with Crippen LogP contribution in [0.1, 0.15) is 0 Å². The van der Waals surface area contributed by atoms with Gasteiger partial charge in [-0.15, -0.1) is 37.2 Å². The predicted molar refractivity (Wildman–Crippen MR) is 65.9 cm³/mol. The predicted octanol–water partition coefficient (Wildman–Crippen LogP) is 1.59. The second kappa shape index (κ2) is 7.70. The third kappa shape index (κ3) is 3.59. The van der Waals surface area contributed by atoms with Crippen LogP contribution in [-0.4, -0.2) is 15.4 Å². The second-order valence-electron chi connectivity index (χ2n) is 2.14. The molecule has 0 fully saturated rings. The molecule has 0 aliphatic heterocycles. The van der Waals surface area contributed by atoms with Gasteiger partial charge in [-0.25, -0.2) is 4.98 Å². The van der Waals surface area contributed by atoms with Gasteiger partial charge in [0.2, 0.25) is 0 Å². The summed E-state index contributed by atoms with van der Waals surface area (Å²) < 4.78 is 0. The molecule has 0 aliphatic rings. The molecule has 0 aliphatic carbocycles. The standard InChI is InChI=1S/C7H7N3.3ClH.H2O/c8-7-9-5-3-1-2-4-6(5)10-7;;;;/h1-4H,(H3,8,9,10);3*1H;1H2. The molecule has 0 saturated heterocycles. The molecule has 5 N–H and O–H groups in total. The van der Waals surface area contributed by atoms with E-state index in [0.717, 1.165) is 11.0 Å². The van der Waals surface area contributed by atoms with E-state index >= 15 is 0 Å². The summed E-state index contributed by atoms with van der Waals surface area (Å²) >= 11 is 0. The number of aromatic amines is 1. The summed E-state index contributed by atoms with van der Waals surface area (Å²) in [6.07, 6.45) is 0. The van der Waals surface area contributed by atoms with Crippen molar-refractivity contribution >= 4 is 54.2 Å². The van der Waals surface area contributed by atoms with Crippen molar-refractivity contribution < 1.29 is 5.48 Å². The number of nitrogens with zero attached hydrogens (tertiary/aromatic N) is 1. The number of para-hydroxylation sites is 2. The highest BCUT2D eigenvalue weighted by Crippen LogP contribution is 2.10. The molecule has 4 nitrogen and oxygen atoms in total. The van der Waals surface area contributed by atoms with Gasteiger partial charge in [0.05, 0.1) is 11.0 Å². The Morgan fingerprint density at radius 3 is 2.21 bits per heavy atom. The van der Waals surface area contributed by atoms with E-state index in [1.54, 1.807) is 0 Å². The monoisotopic (exact) mass is 259 g/mol. The number of nitrogen functional groups attached to an aromatic ring is 1. The molecule has 7 heteroatoms. The maximum Gasteiger partial charge on any atom is 0.198 e. The Morgan fingerprint density at radius 2 is 1.64 bits per heavy atom. The third-order valence-corrected chi connectivity index (χ3v) is 1.41. The summed E-state index contributed by atoms with van der Waals surface area (Å²) in [5.41, 5.74) is 7.33. The Hall–Kier alpha value is -0.680. The molecule has 14 heavy (non-hydrogen) atoms. The molecule has 0 saturated carbocycles. The fraction of sp³-hybridized carbons (Fsp3) is 0. The number of nitrogens with two attached hydrogens (primary N) is 1. The summed E-state index contributed by atoms with van der Waals surface area (Å²) in [7, 11) is 0. The summed E-state index contributed by atoms with van der Waals surface area (Å²) in [5.74, 6) is 0.473. The number of hydrogen-bond donors (Lipinski definition) is 2. The minimum Gasteiger partial charge on any atom is -0.412 e. The smallest absolute Gasteiger partial charge is 0.198 e. The van der Waals surface area contributed by atoms with Gasteiger partial charge in [-0.1, -0.05) is 12.1 Å². The van der Waals surface area contributed by atoms with E-state index in [1.165, 1.54) is 0 Å². The zero-order valence-electron chi connectivity index (χ0n) is 7.06. The molecule has 0 atom stereocenters. The molecular weight excluding hydrogens is 248 g/mol. The number of rotatable bonds is 0. The van der Waals surface area contributed by atoms with E-state index in [9.17, 15) is 0 Å². The summed E-state index contributed by atoms with van der Waals surface area (Å²) in [5, 5.41) is 0. The fourth-order valence-electron chi connectivity index (χ4n) is 0.973. The number of aromatic nitrogens is 2. The highest BCUT2D eigenvalue weighted by molar-refractivity contribution is 5.86. The summed E-state index contributed by atoms with van der Waals surface area (Å²) in [6, 6.07) is 7.74. The van der Waals surface area contributed by atoms with E-state index in [1.807, 2.05) is 24.3 Å². The number of fused-ring (bicyclic) bond motifs is 1. The summed E-state index contributed by atoms with van der Waals surface area (Å²) in [4.78, 5) is 6.96. The topological polar surface area (TPSA) is 86.2 Å². The molecule has 0 amide bonds. The first-order valence-corrected chi connectivity index (χ1v) is 3.06. The summed E-state index contributed by atoms with van der Waals surface area (Å²) in [6.45, 7) is 0. The highest BCUT2D eigenvalue weighted by Gasteiger charge is 1.94. The average Bonchev–Trinajstić information content (AvgIpc) is 2.27. The van der Waals surface area contributed by atoms with Crippen molar-refractivity contribution in [2.45, 2.75) is 0 Å². The molecule has 82 valence electrons. The number of hydrogen-bond acceptors (Lipinski definition) is 2. The van der Waals surface area contributed by atoms with Crippen LogP contribution in [0, 0.1) is 0 Å². The van der Waals surface area contributed by atoms with Crippen molar-refractivity contribution in [1.82, 2.24) is 9.97 Å². The van der Waals surface area contributed by atoms with Crippen LogP contribution in [0.3, 0.4) is 0 Å². The molecule has 0 bridgehead atoms. The lowest BCUT2D eigenvalue weighted by Gasteiger charge is -1.81. The molecule has 0 spiro atoms. The minimum absolute atomic E-state index is 0. The lowest BCUT2D eigenvalue weighted by atomic mass is 10.3. The van der Waals surface area contributed by atoms with Gasteiger partial charge in [0, 0.05) is 0 Å². The Balaban J connectivity index is -0.000000302. The Kier molecular flexibility index (Phi) is 10.4. The van der Waals surface area contributed by atoms with Crippen LogP contribution >= 0.6 is 37.2 Å². The Labute approximate surface area is 99.8 Å². The molecule has 1 aromatic heterocycles. The first-order valence-electron chi connectivity index (χ1n) is 3.06. The molecule has 2 rings (SSSR count). The molecule has 2 aromatic rings. The highest BCUT2D eigenvalue weighted by atomic mass is 35.5. The number of halogens is 3. The normalized spacial score (nSPS) is 7.43. The average molecular weight is 261 g/mol. The number of nitrogens with one attached hydrogen (secondary N) is 1. The zero-order valence-corrected chi connectivity index (χ0v) is 9.51. The first-order chi connectivity index (χ1) is 4.86. The SMILES string of the molecule is Cl.Cl.Cl.Nc1nc2ccccc2[nH]1.O. The maximum atomic E-state index is 5.42. The van der Waals surface area contributed by atoms with E-state index < -0.39 is 0 Å². The number of imidazole rings is 1. The second-order valence-corrected chi connectivity index (χ2v) is 2.14. The number of H-pyrrole nitrogens is 1. The Bertz CT molecular complexity index is 333. The molecule has 1 aromatic carbocycles. The van der Waals surface area contributed by atoms with Gasteiger partial charge >= 0.3 is 0 Å². The van der Waals surface area contributed by atoms with Gasteiger partial charge in [-0.3, -0.25) is 0 Å². The van der Waals surface area contributed by atoms with Crippen molar-refractivity contribution in [2.24, 2.45) is 0 Å². The molecule has 0 unspecified atom stereocenters. The van der Waals surface area contributed by atoms with Crippen LogP contribution in [0.5, 0.6) is 0 Å². The minimum atomic E-state index is 0. The third-order valence-electron chi connectivity index (χ3n) is 1.41. The Morgan fingerprint density at radius 1 is 1.07 bits per heavy atom. The van der Waals surface area contributed by atoms with Crippen molar-refractivity contribution in [2.75, 3.05) is 5.73 Å². The maximum absolute atomic E-state index is 5.42. The fourth-order valence-corrected chi connectivity index (χ4v) is 0.973. The van der Waals surface area contributed by atoms with Crippen LogP contribution in [0.2, 0.25) is 0 Å². The van der Waals surface area contributed by atoms with Gasteiger partial charge in [-0.2, -0.15) is 0 Å². The van der Waals surface area contributed by atoms with Crippen molar-refractivity contribution in [3.05, 3.63) is 24.3 Å². The van der Waals surface area contributed by atoms with Crippen molar-refractivity contribution in [3.8, 4) is 0 Å². The first kappa shape index (κ1) is 19.0. The van der Waals surface area contributed by atoms with Crippen LogP contribution in [-0.2, 0) is 0 Å². The van der Waals surface area contributed by atoms with Gasteiger partial charge in [0.1, 0.15) is 0 Å². The van der Waals surface area contributed by atoms with E-state index in [2.05, 4.69) is 9.97 Å². The van der Waals surface area contributed by atoms with E-state index in [-0.39, 0.29) is 42.7 Å². The van der Waals surface area contributed by atoms with Gasteiger partial charge in [0.25, 0.3) is 0 Å². The lowest BCUT2D eigenvalue weighted by Crippen LogP contribution is -1.84. The molecule has 1 heterocycles. The van der Waals surface area contributed by atoms with Crippen LogP contribution < -0.4 is 5.73 Å². The number of anilines is 1. The van der Waals surface area contributed by atoms with Crippen molar-refractivity contribution in [3.63, 3.8) is 0 Å². The quantitative estimate of drug-likeness (QED) is 0.753. The number of benzene rings is 1. The largest absolute Gasteiger partial charge is 0.412 e. The van der Waals surface area contributed by atoms with Gasteiger partial charge in [-0.05, 0) is 12.1 Å². The van der Waals surface area contributed by atoms with Crippen molar-refractivity contribution in [1.29, 1.82) is 0 Å². The van der Waals surface area contributed by atoms with E-state index in [0.29, 0.717) is 5.95 Å². The molecule has 0 radical (unpaired) electrons. The van der Waals surface area contributed by atoms with Gasteiger partial charge in [0.15, 0.2) is 5.95 Å². The van der Waals surface area contributed by atoms with Crippen LogP contribution in [0.4, 0.5) is 5.95 Å². The molecular formula is C7H12Cl3N3O. The van der Waals surface area contributed by atoms with Crippen LogP contribution in [0.15, 0.2) is 24.3 Å². The zero-order chi connectivity index (χ0) is 6.97. The van der Waals surface area contributed by atoms with Gasteiger partial charge < -0.3 is 16.2 Å². The van der Waals surface area contributed by atoms with Crippen LogP contribution in [0.25, 0.3) is 11.0 Å². The van der Waals surface area contributed by atoms with E-state index in [4.69, 9.17) is 5.73 Å². The lowest BCUT2D eigenvalue weighted by molar-refractivity contribution is 0.824.